The van der Waals surface area contributed by atoms with Gasteiger partial charge in [0.2, 0.25) is 0 Å². The fourth-order valence-electron chi connectivity index (χ4n) is 4.60. The molecule has 1 N–H and O–H groups in total. The van der Waals surface area contributed by atoms with Crippen LogP contribution in [-0.2, 0) is 14.6 Å². The summed E-state index contributed by atoms with van der Waals surface area (Å²) in [4.78, 5) is 45.3. The number of carbonyl (C=O) groups is 3. The molecule has 1 saturated carbocycles. The van der Waals surface area contributed by atoms with Crippen molar-refractivity contribution in [3.05, 3.63) is 78.6 Å². The van der Waals surface area contributed by atoms with Crippen molar-refractivity contribution in [2.75, 3.05) is 15.1 Å². The number of benzene rings is 2. The van der Waals surface area contributed by atoms with Crippen LogP contribution in [0.2, 0.25) is 0 Å². The van der Waals surface area contributed by atoms with Crippen LogP contribution >= 0.6 is 0 Å². The molecule has 13 heteroatoms. The number of carbonyl (C=O) groups excluding carboxylic acids is 3. The van der Waals surface area contributed by atoms with Crippen LogP contribution in [0.3, 0.4) is 0 Å². The van der Waals surface area contributed by atoms with Crippen LogP contribution < -0.4 is 15.1 Å². The zero-order valence-electron chi connectivity index (χ0n) is 19.6. The highest BCUT2D eigenvalue weighted by Gasteiger charge is 2.71. The number of para-hydroxylation sites is 1. The highest BCUT2D eigenvalue weighted by Crippen LogP contribution is 2.56. The minimum Gasteiger partial charge on any atom is -0.322 e. The number of sulfone groups is 1. The Bertz CT molecular complexity index is 1560. The van der Waals surface area contributed by atoms with Crippen molar-refractivity contribution >= 4 is 44.7 Å². The van der Waals surface area contributed by atoms with E-state index in [2.05, 4.69) is 10.3 Å². The molecule has 0 bridgehead atoms. The molecule has 5 rings (SSSR count). The van der Waals surface area contributed by atoms with Gasteiger partial charge >= 0.3 is 11.5 Å². The Morgan fingerprint density at radius 3 is 2.26 bits per heavy atom. The molecule has 1 aliphatic carbocycles. The summed E-state index contributed by atoms with van der Waals surface area (Å²) in [5, 5.41) is 2.72. The van der Waals surface area contributed by atoms with Crippen molar-refractivity contribution in [1.82, 2.24) is 4.98 Å². The van der Waals surface area contributed by atoms with E-state index < -0.39 is 43.6 Å². The Labute approximate surface area is 214 Å². The maximum Gasteiger partial charge on any atom is 0.501 e. The fourth-order valence-corrected chi connectivity index (χ4v) is 5.36. The van der Waals surface area contributed by atoms with Crippen LogP contribution in [0.25, 0.3) is 0 Å². The number of nitrogens with one attached hydrogen (secondary N) is 1. The molecular weight excluding hydrogens is 525 g/mol. The van der Waals surface area contributed by atoms with E-state index in [1.807, 2.05) is 0 Å². The fraction of sp³-hybridized carbons (Fsp3) is 0.200. The first-order chi connectivity index (χ1) is 17.9. The number of pyridine rings is 1. The topological polar surface area (TPSA) is 117 Å². The molecule has 1 saturated heterocycles. The molecule has 0 radical (unpaired) electrons. The van der Waals surface area contributed by atoms with Crippen LogP contribution in [-0.4, -0.2) is 42.3 Å². The number of urea groups is 1. The van der Waals surface area contributed by atoms with Crippen LogP contribution in [0.1, 0.15) is 23.7 Å². The summed E-state index contributed by atoms with van der Waals surface area (Å²) in [7, 11) is -5.61. The number of halogens is 3. The van der Waals surface area contributed by atoms with Gasteiger partial charge in [-0.25, -0.2) is 18.1 Å². The molecule has 2 heterocycles. The van der Waals surface area contributed by atoms with E-state index in [9.17, 15) is 36.0 Å². The summed E-state index contributed by atoms with van der Waals surface area (Å²) in [6.07, 6.45) is 2.93. The van der Waals surface area contributed by atoms with Crippen molar-refractivity contribution in [2.45, 2.75) is 29.3 Å². The van der Waals surface area contributed by atoms with Gasteiger partial charge in [-0.05, 0) is 54.8 Å². The van der Waals surface area contributed by atoms with Crippen molar-refractivity contribution < 1.29 is 36.0 Å². The summed E-state index contributed by atoms with van der Waals surface area (Å²) in [6, 6.07) is 12.5. The summed E-state index contributed by atoms with van der Waals surface area (Å²) < 4.78 is 62.2. The highest BCUT2D eigenvalue weighted by molar-refractivity contribution is 7.92. The average molecular weight is 545 g/mol. The average Bonchev–Trinajstić information content (AvgIpc) is 3.49. The lowest BCUT2D eigenvalue weighted by Crippen LogP contribution is -2.40. The Morgan fingerprint density at radius 1 is 1.05 bits per heavy atom. The second kappa shape index (κ2) is 8.65. The molecule has 2 unspecified atom stereocenters. The zero-order chi connectivity index (χ0) is 27.5. The van der Waals surface area contributed by atoms with E-state index in [4.69, 9.17) is 0 Å². The summed E-state index contributed by atoms with van der Waals surface area (Å²) in [5.74, 6) is -1.48. The van der Waals surface area contributed by atoms with Gasteiger partial charge in [0.15, 0.2) is 0 Å². The molecule has 4 amide bonds. The monoisotopic (exact) mass is 544 g/mol. The minimum atomic E-state index is -5.61. The van der Waals surface area contributed by atoms with Crippen LogP contribution in [0.4, 0.5) is 35.0 Å². The number of hydrogen-bond donors (Lipinski definition) is 1. The molecule has 1 spiro atoms. The number of hydrogen-bond acceptors (Lipinski definition) is 6. The first kappa shape index (κ1) is 25.4. The van der Waals surface area contributed by atoms with Crippen molar-refractivity contribution in [2.24, 2.45) is 5.92 Å². The number of amides is 4. The smallest absolute Gasteiger partial charge is 0.322 e. The molecule has 2 aliphatic rings. The first-order valence-corrected chi connectivity index (χ1v) is 12.8. The van der Waals surface area contributed by atoms with E-state index in [1.54, 1.807) is 37.3 Å². The third kappa shape index (κ3) is 3.81. The summed E-state index contributed by atoms with van der Waals surface area (Å²) >= 11 is 0. The molecule has 2 aromatic carbocycles. The van der Waals surface area contributed by atoms with Gasteiger partial charge in [0, 0.05) is 18.1 Å². The zero-order valence-corrected chi connectivity index (χ0v) is 20.5. The maximum atomic E-state index is 13.7. The van der Waals surface area contributed by atoms with Crippen molar-refractivity contribution in [1.29, 1.82) is 0 Å². The van der Waals surface area contributed by atoms with E-state index in [0.29, 0.717) is 17.8 Å². The van der Waals surface area contributed by atoms with Gasteiger partial charge in [0.1, 0.15) is 5.54 Å². The summed E-state index contributed by atoms with van der Waals surface area (Å²) in [5.41, 5.74) is -6.25. The molecule has 2 fully saturated rings. The SMILES string of the molecule is CC1CC12C(=O)N(c1ccc(S(=O)(=O)C(F)(F)F)cc1)C(=O)N2c1ccncc1C(=O)Nc1ccccc1. The number of imide groups is 1. The van der Waals surface area contributed by atoms with Gasteiger partial charge < -0.3 is 5.32 Å². The van der Waals surface area contributed by atoms with Gasteiger partial charge in [0.25, 0.3) is 21.7 Å². The molecule has 1 aromatic heterocycles. The van der Waals surface area contributed by atoms with E-state index in [1.165, 1.54) is 23.4 Å². The number of nitrogens with zero attached hydrogens (tertiary/aromatic N) is 3. The lowest BCUT2D eigenvalue weighted by molar-refractivity contribution is -0.119. The largest absolute Gasteiger partial charge is 0.501 e. The third-order valence-corrected chi connectivity index (χ3v) is 8.15. The molecule has 9 nitrogen and oxygen atoms in total. The Hall–Kier alpha value is -4.26. The lowest BCUT2D eigenvalue weighted by Gasteiger charge is -2.24. The molecular formula is C25H19F3N4O5S. The molecule has 2 atom stereocenters. The summed E-state index contributed by atoms with van der Waals surface area (Å²) in [6.45, 7) is 1.76. The van der Waals surface area contributed by atoms with Crippen LogP contribution in [0.5, 0.6) is 0 Å². The van der Waals surface area contributed by atoms with E-state index in [-0.39, 0.29) is 29.3 Å². The number of anilines is 3. The predicted molar refractivity (Wildman–Crippen MR) is 130 cm³/mol. The van der Waals surface area contributed by atoms with Crippen LogP contribution in [0, 0.1) is 5.92 Å². The normalized spacial score (nSPS) is 21.2. The quantitative estimate of drug-likeness (QED) is 0.477. The number of rotatable bonds is 5. The molecule has 196 valence electrons. The highest BCUT2D eigenvalue weighted by atomic mass is 32.2. The Kier molecular flexibility index (Phi) is 5.78. The van der Waals surface area contributed by atoms with E-state index in [0.717, 1.165) is 17.0 Å². The molecule has 3 aromatic rings. The Balaban J connectivity index is 1.52. The van der Waals surface area contributed by atoms with E-state index >= 15 is 0 Å². The number of alkyl halides is 3. The van der Waals surface area contributed by atoms with Gasteiger partial charge in [-0.1, -0.05) is 25.1 Å². The van der Waals surface area contributed by atoms with Gasteiger partial charge in [-0.2, -0.15) is 13.2 Å². The molecule has 38 heavy (non-hydrogen) atoms. The molecule has 1 aliphatic heterocycles. The van der Waals surface area contributed by atoms with Crippen molar-refractivity contribution in [3.8, 4) is 0 Å². The van der Waals surface area contributed by atoms with Gasteiger partial charge in [-0.15, -0.1) is 0 Å². The first-order valence-electron chi connectivity index (χ1n) is 11.3. The van der Waals surface area contributed by atoms with Crippen molar-refractivity contribution in [3.63, 3.8) is 0 Å². The second-order valence-corrected chi connectivity index (χ2v) is 10.9. The third-order valence-electron chi connectivity index (χ3n) is 6.65. The number of aromatic nitrogens is 1. The maximum absolute atomic E-state index is 13.7. The lowest BCUT2D eigenvalue weighted by atomic mass is 10.1. The van der Waals surface area contributed by atoms with Gasteiger partial charge in [-0.3, -0.25) is 19.5 Å². The Morgan fingerprint density at radius 2 is 1.68 bits per heavy atom. The van der Waals surface area contributed by atoms with Crippen LogP contribution in [0.15, 0.2) is 78.0 Å². The van der Waals surface area contributed by atoms with Gasteiger partial charge in [0.05, 0.1) is 21.8 Å². The minimum absolute atomic E-state index is 0.0319. The predicted octanol–water partition coefficient (Wildman–Crippen LogP) is 4.38. The standard InChI is InChI=1S/C25H19F3N4O5S/c1-15-13-24(15)22(34)31(17-7-9-18(10-8-17)38(36,37)25(26,27)28)23(35)32(24)20-11-12-29-14-19(20)21(33)30-16-5-3-2-4-6-16/h2-12,14-15H,13H2,1H3,(H,30,33). The second-order valence-electron chi connectivity index (χ2n) is 8.94.